The van der Waals surface area contributed by atoms with Gasteiger partial charge >= 0.3 is 0 Å². The fourth-order valence-electron chi connectivity index (χ4n) is 1.95. The van der Waals surface area contributed by atoms with Crippen molar-refractivity contribution in [2.24, 2.45) is 11.7 Å². The summed E-state index contributed by atoms with van der Waals surface area (Å²) < 4.78 is 0. The molecule has 0 aromatic heterocycles. The van der Waals surface area contributed by atoms with Gasteiger partial charge in [0.15, 0.2) is 0 Å². The molecule has 0 fully saturated rings. The average molecular weight is 347 g/mol. The third-order valence-electron chi connectivity index (χ3n) is 3.10. The molecule has 0 radical (unpaired) electrons. The van der Waals surface area contributed by atoms with E-state index in [9.17, 15) is 14.7 Å². The Kier molecular flexibility index (Phi) is 7.13. The van der Waals surface area contributed by atoms with E-state index in [0.29, 0.717) is 22.0 Å². The number of halogens is 2. The van der Waals surface area contributed by atoms with E-state index in [0.717, 1.165) is 0 Å². The molecular weight excluding hydrogens is 327 g/mol. The summed E-state index contributed by atoms with van der Waals surface area (Å²) >= 11 is 11.9. The highest BCUT2D eigenvalue weighted by Crippen LogP contribution is 2.22. The Balaban J connectivity index is 2.78. The van der Waals surface area contributed by atoms with Gasteiger partial charge in [-0.3, -0.25) is 9.59 Å². The van der Waals surface area contributed by atoms with Gasteiger partial charge in [0.1, 0.15) is 12.1 Å². The summed E-state index contributed by atoms with van der Waals surface area (Å²) in [6.07, 6.45) is -0.743. The number of amides is 2. The Morgan fingerprint density at radius 3 is 2.45 bits per heavy atom. The van der Waals surface area contributed by atoms with E-state index < -0.39 is 24.0 Å². The van der Waals surface area contributed by atoms with Crippen molar-refractivity contribution in [3.05, 3.63) is 33.8 Å². The fourth-order valence-corrected chi connectivity index (χ4v) is 2.44. The Morgan fingerprint density at radius 1 is 1.32 bits per heavy atom. The second kappa shape index (κ2) is 8.36. The number of aliphatic hydroxyl groups excluding tert-OH is 1. The van der Waals surface area contributed by atoms with Crippen LogP contribution in [0.2, 0.25) is 10.0 Å². The molecule has 0 unspecified atom stereocenters. The highest BCUT2D eigenvalue weighted by Gasteiger charge is 2.24. The van der Waals surface area contributed by atoms with Crippen LogP contribution in [0.15, 0.2) is 18.2 Å². The molecule has 1 aromatic rings. The van der Waals surface area contributed by atoms with Crippen molar-refractivity contribution in [1.29, 1.82) is 0 Å². The summed E-state index contributed by atoms with van der Waals surface area (Å²) in [7, 11) is 0. The Morgan fingerprint density at radius 2 is 1.95 bits per heavy atom. The topological polar surface area (TPSA) is 92.4 Å². The van der Waals surface area contributed by atoms with Gasteiger partial charge in [-0.15, -0.1) is 0 Å². The van der Waals surface area contributed by atoms with Crippen molar-refractivity contribution in [1.82, 2.24) is 5.32 Å². The third-order valence-corrected chi connectivity index (χ3v) is 3.68. The zero-order valence-corrected chi connectivity index (χ0v) is 14.0. The van der Waals surface area contributed by atoms with Crippen molar-refractivity contribution in [3.63, 3.8) is 0 Å². The van der Waals surface area contributed by atoms with Crippen LogP contribution in [0, 0.1) is 5.92 Å². The number of nitrogens with one attached hydrogen (secondary N) is 1. The van der Waals surface area contributed by atoms with Crippen LogP contribution in [0.1, 0.15) is 25.8 Å². The molecule has 1 aromatic carbocycles. The number of benzene rings is 1. The highest BCUT2D eigenvalue weighted by atomic mass is 35.5. The number of hydrogen-bond acceptors (Lipinski definition) is 3. The maximum absolute atomic E-state index is 11.9. The van der Waals surface area contributed by atoms with Gasteiger partial charge in [-0.25, -0.2) is 0 Å². The van der Waals surface area contributed by atoms with E-state index in [1.54, 1.807) is 18.2 Å². The molecule has 0 heterocycles. The minimum absolute atomic E-state index is 0.130. The first-order chi connectivity index (χ1) is 10.2. The van der Waals surface area contributed by atoms with Crippen molar-refractivity contribution in [2.75, 3.05) is 0 Å². The van der Waals surface area contributed by atoms with Crippen LogP contribution in [-0.4, -0.2) is 29.1 Å². The lowest BCUT2D eigenvalue weighted by atomic mass is 10.0. The van der Waals surface area contributed by atoms with Gasteiger partial charge in [-0.1, -0.05) is 43.1 Å². The second-order valence-corrected chi connectivity index (χ2v) is 6.39. The molecule has 7 heteroatoms. The SMILES string of the molecule is CC(C)C[C@H](O)C(=O)N[C@@H](Cc1ccc(Cl)cc1Cl)C(N)=O. The monoisotopic (exact) mass is 346 g/mol. The first-order valence-electron chi connectivity index (χ1n) is 6.92. The molecule has 0 bridgehead atoms. The molecule has 2 atom stereocenters. The first-order valence-corrected chi connectivity index (χ1v) is 7.68. The Bertz CT molecular complexity index is 550. The number of carbonyl (C=O) groups is 2. The third kappa shape index (κ3) is 5.83. The van der Waals surface area contributed by atoms with E-state index in [1.807, 2.05) is 13.8 Å². The van der Waals surface area contributed by atoms with Gasteiger partial charge in [0.25, 0.3) is 0 Å². The summed E-state index contributed by atoms with van der Waals surface area (Å²) in [6.45, 7) is 3.77. The van der Waals surface area contributed by atoms with E-state index in [1.165, 1.54) is 0 Å². The lowest BCUT2D eigenvalue weighted by Gasteiger charge is -2.19. The summed E-state index contributed by atoms with van der Waals surface area (Å²) in [6, 6.07) is 3.90. The minimum Gasteiger partial charge on any atom is -0.383 e. The summed E-state index contributed by atoms with van der Waals surface area (Å²) in [4.78, 5) is 23.4. The molecule has 4 N–H and O–H groups in total. The minimum atomic E-state index is -1.18. The van der Waals surface area contributed by atoms with Crippen LogP contribution in [0.3, 0.4) is 0 Å². The van der Waals surface area contributed by atoms with E-state index in [2.05, 4.69) is 5.32 Å². The van der Waals surface area contributed by atoms with Gasteiger partial charge in [-0.2, -0.15) is 0 Å². The van der Waals surface area contributed by atoms with Gasteiger partial charge in [0.05, 0.1) is 0 Å². The largest absolute Gasteiger partial charge is 0.383 e. The van der Waals surface area contributed by atoms with Crippen LogP contribution in [0.5, 0.6) is 0 Å². The number of carbonyl (C=O) groups excluding carboxylic acids is 2. The average Bonchev–Trinajstić information content (AvgIpc) is 2.39. The summed E-state index contributed by atoms with van der Waals surface area (Å²) in [5, 5.41) is 13.1. The van der Waals surface area contributed by atoms with Crippen LogP contribution < -0.4 is 11.1 Å². The van der Waals surface area contributed by atoms with Crippen LogP contribution >= 0.6 is 23.2 Å². The molecular formula is C15H20Cl2N2O3. The lowest BCUT2D eigenvalue weighted by Crippen LogP contribution is -2.49. The molecule has 1 rings (SSSR count). The molecule has 2 amide bonds. The smallest absolute Gasteiger partial charge is 0.249 e. The summed E-state index contributed by atoms with van der Waals surface area (Å²) in [5.74, 6) is -1.17. The molecule has 122 valence electrons. The Labute approximate surface area is 139 Å². The van der Waals surface area contributed by atoms with Crippen LogP contribution in [0.25, 0.3) is 0 Å². The number of aliphatic hydroxyl groups is 1. The maximum Gasteiger partial charge on any atom is 0.249 e. The predicted molar refractivity (Wildman–Crippen MR) is 86.8 cm³/mol. The quantitative estimate of drug-likeness (QED) is 0.704. The number of nitrogens with two attached hydrogens (primary N) is 1. The van der Waals surface area contributed by atoms with E-state index >= 15 is 0 Å². The van der Waals surface area contributed by atoms with Gasteiger partial charge < -0.3 is 16.2 Å². The van der Waals surface area contributed by atoms with Crippen LogP contribution in [-0.2, 0) is 16.0 Å². The highest BCUT2D eigenvalue weighted by molar-refractivity contribution is 6.35. The maximum atomic E-state index is 11.9. The van der Waals surface area contributed by atoms with Crippen molar-refractivity contribution in [2.45, 2.75) is 38.8 Å². The van der Waals surface area contributed by atoms with Gasteiger partial charge in [0, 0.05) is 16.5 Å². The molecule has 0 aliphatic carbocycles. The molecule has 0 spiro atoms. The molecule has 0 aliphatic rings. The van der Waals surface area contributed by atoms with Gasteiger partial charge in [0.2, 0.25) is 11.8 Å². The van der Waals surface area contributed by atoms with Crippen molar-refractivity contribution >= 4 is 35.0 Å². The molecule has 0 aliphatic heterocycles. The first kappa shape index (κ1) is 18.7. The van der Waals surface area contributed by atoms with Crippen molar-refractivity contribution < 1.29 is 14.7 Å². The predicted octanol–water partition coefficient (Wildman–Crippen LogP) is 1.91. The lowest BCUT2D eigenvalue weighted by molar-refractivity contribution is -0.133. The Hall–Kier alpha value is -1.30. The summed E-state index contributed by atoms with van der Waals surface area (Å²) in [5.41, 5.74) is 5.94. The second-order valence-electron chi connectivity index (χ2n) is 5.55. The zero-order chi connectivity index (χ0) is 16.9. The number of hydrogen-bond donors (Lipinski definition) is 3. The zero-order valence-electron chi connectivity index (χ0n) is 12.5. The number of rotatable bonds is 7. The molecule has 0 saturated carbocycles. The standard InChI is InChI=1S/C15H20Cl2N2O3/c1-8(2)5-13(20)15(22)19-12(14(18)21)6-9-3-4-10(16)7-11(9)17/h3-4,7-8,12-13,20H,5-6H2,1-2H3,(H2,18,21)(H,19,22)/t12-,13-/m0/s1. The van der Waals surface area contributed by atoms with E-state index in [4.69, 9.17) is 28.9 Å². The normalized spacial score (nSPS) is 13.7. The number of primary amides is 1. The molecule has 5 nitrogen and oxygen atoms in total. The molecule has 22 heavy (non-hydrogen) atoms. The van der Waals surface area contributed by atoms with Crippen LogP contribution in [0.4, 0.5) is 0 Å². The van der Waals surface area contributed by atoms with E-state index in [-0.39, 0.29) is 12.3 Å². The van der Waals surface area contributed by atoms with Gasteiger partial charge in [-0.05, 0) is 30.0 Å². The molecule has 0 saturated heterocycles. The van der Waals surface area contributed by atoms with Crippen molar-refractivity contribution in [3.8, 4) is 0 Å². The fraction of sp³-hybridized carbons (Fsp3) is 0.467.